The molecule has 1 saturated heterocycles. The second kappa shape index (κ2) is 6.43. The Kier molecular flexibility index (Phi) is 4.11. The average Bonchev–Trinajstić information content (AvgIpc) is 3.20. The van der Waals surface area contributed by atoms with Crippen LogP contribution in [0.5, 0.6) is 0 Å². The van der Waals surface area contributed by atoms with Crippen LogP contribution in [0.4, 0.5) is 10.2 Å². The number of rotatable bonds is 4. The van der Waals surface area contributed by atoms with Crippen molar-refractivity contribution in [1.29, 1.82) is 0 Å². The maximum absolute atomic E-state index is 14.5. The zero-order valence-corrected chi connectivity index (χ0v) is 14.5. The molecule has 25 heavy (non-hydrogen) atoms. The van der Waals surface area contributed by atoms with Gasteiger partial charge in [0, 0.05) is 31.8 Å². The Balaban J connectivity index is 0. The van der Waals surface area contributed by atoms with Gasteiger partial charge in [0.05, 0.1) is 5.69 Å². The van der Waals surface area contributed by atoms with Crippen molar-refractivity contribution in [2.45, 2.75) is 26.7 Å². The molecule has 1 fully saturated rings. The van der Waals surface area contributed by atoms with Gasteiger partial charge in [0.25, 0.3) is 0 Å². The molecule has 0 aromatic carbocycles. The number of pyridine rings is 2. The third-order valence-electron chi connectivity index (χ3n) is 5.15. The van der Waals surface area contributed by atoms with E-state index in [0.717, 1.165) is 24.3 Å². The van der Waals surface area contributed by atoms with E-state index in [9.17, 15) is 4.39 Å². The summed E-state index contributed by atoms with van der Waals surface area (Å²) in [6.07, 6.45) is 4.09. The fourth-order valence-corrected chi connectivity index (χ4v) is 3.78. The number of aromatic nitrogens is 4. The molecule has 1 N–H and O–H groups in total. The summed E-state index contributed by atoms with van der Waals surface area (Å²) in [5, 5.41) is 7.83. The zero-order chi connectivity index (χ0) is 17.4. The van der Waals surface area contributed by atoms with Gasteiger partial charge in [0.1, 0.15) is 11.5 Å². The maximum Gasteiger partial charge on any atom is 0.181 e. The first-order valence-corrected chi connectivity index (χ1v) is 8.88. The number of nitrogens with zero attached hydrogens (tertiary/aromatic N) is 4. The van der Waals surface area contributed by atoms with Crippen LogP contribution in [0.15, 0.2) is 30.5 Å². The smallest absolute Gasteiger partial charge is 0.181 e. The number of aromatic amines is 1. The molecule has 1 aliphatic heterocycles. The Morgan fingerprint density at radius 2 is 2.20 bits per heavy atom. The van der Waals surface area contributed by atoms with Gasteiger partial charge in [-0.2, -0.15) is 5.10 Å². The molecule has 6 heteroatoms. The minimum absolute atomic E-state index is 0. The molecule has 4 heterocycles. The maximum atomic E-state index is 14.5. The van der Waals surface area contributed by atoms with Crippen LogP contribution in [0.1, 0.15) is 33.8 Å². The molecule has 0 radical (unpaired) electrons. The molecule has 2 atom stereocenters. The Hall–Kier alpha value is -2.50. The molecule has 1 aliphatic rings. The van der Waals surface area contributed by atoms with Crippen LogP contribution in [0.3, 0.4) is 0 Å². The Morgan fingerprint density at radius 1 is 1.32 bits per heavy atom. The molecule has 140 valence electrons. The quantitative estimate of drug-likeness (QED) is 0.698. The molecule has 4 rings (SSSR count). The van der Waals surface area contributed by atoms with Crippen molar-refractivity contribution in [1.82, 2.24) is 20.2 Å². The van der Waals surface area contributed by atoms with Crippen molar-refractivity contribution in [3.05, 3.63) is 36.3 Å². The van der Waals surface area contributed by atoms with Gasteiger partial charge < -0.3 is 4.90 Å². The molecule has 3 aromatic rings. The summed E-state index contributed by atoms with van der Waals surface area (Å²) in [5.41, 5.74) is 1.46. The van der Waals surface area contributed by atoms with E-state index < -0.39 is 0 Å². The number of nitrogens with one attached hydrogen (secondary N) is 1. The number of fused-ring (bicyclic) bond motifs is 1. The normalized spacial score (nSPS) is 20.5. The molecule has 0 aliphatic carbocycles. The van der Waals surface area contributed by atoms with Crippen LogP contribution in [0, 0.1) is 17.7 Å². The lowest BCUT2D eigenvalue weighted by molar-refractivity contribution is 0.418. The Bertz CT molecular complexity index is 910. The van der Waals surface area contributed by atoms with Crippen LogP contribution < -0.4 is 4.90 Å². The highest BCUT2D eigenvalue weighted by Crippen LogP contribution is 2.32. The monoisotopic (exact) mass is 349 g/mol. The molecule has 0 saturated carbocycles. The Labute approximate surface area is 153 Å². The minimum Gasteiger partial charge on any atom is -0.356 e. The van der Waals surface area contributed by atoms with Crippen molar-refractivity contribution < 1.29 is 11.5 Å². The van der Waals surface area contributed by atoms with Gasteiger partial charge in [-0.15, -0.1) is 0 Å². The number of H-pyrrole nitrogens is 1. The lowest BCUT2D eigenvalue weighted by atomic mass is 9.94. The van der Waals surface area contributed by atoms with E-state index in [1.165, 1.54) is 18.9 Å². The summed E-state index contributed by atoms with van der Waals surface area (Å²) in [6.45, 7) is 6.46. The molecule has 3 aromatic heterocycles. The summed E-state index contributed by atoms with van der Waals surface area (Å²) >= 11 is 0. The number of halogens is 1. The highest BCUT2D eigenvalue weighted by atomic mass is 19.1. The summed E-state index contributed by atoms with van der Waals surface area (Å²) in [5.74, 6) is 1.79. The Morgan fingerprint density at radius 3 is 3.04 bits per heavy atom. The van der Waals surface area contributed by atoms with Crippen molar-refractivity contribution in [3.8, 4) is 11.4 Å². The predicted octanol–water partition coefficient (Wildman–Crippen LogP) is 5.26. The topological polar surface area (TPSA) is 57.7 Å². The number of hydrogen-bond acceptors (Lipinski definition) is 4. The third kappa shape index (κ3) is 2.86. The van der Waals surface area contributed by atoms with E-state index in [1.807, 2.05) is 12.1 Å². The van der Waals surface area contributed by atoms with Gasteiger partial charge in [0.15, 0.2) is 11.5 Å². The SMILES string of the molecule is CCC[C@H]1CN(c2ccc(F)c(-c3[nH]nc4ncccc34)n2)C[C@H]1C.[HH].[HH].[HH].[HH].[HH]. The first-order chi connectivity index (χ1) is 12.2. The lowest BCUT2D eigenvalue weighted by Gasteiger charge is -2.18. The lowest BCUT2D eigenvalue weighted by Crippen LogP contribution is -2.21. The van der Waals surface area contributed by atoms with Gasteiger partial charge in [0.2, 0.25) is 0 Å². The van der Waals surface area contributed by atoms with Crippen molar-refractivity contribution in [2.24, 2.45) is 11.8 Å². The number of anilines is 1. The molecule has 0 amide bonds. The van der Waals surface area contributed by atoms with E-state index in [0.29, 0.717) is 28.9 Å². The highest BCUT2D eigenvalue weighted by Gasteiger charge is 2.30. The van der Waals surface area contributed by atoms with Gasteiger partial charge in [-0.05, 0) is 42.5 Å². The van der Waals surface area contributed by atoms with Crippen LogP contribution in [0.25, 0.3) is 22.4 Å². The van der Waals surface area contributed by atoms with Crippen LogP contribution in [0.2, 0.25) is 0 Å². The van der Waals surface area contributed by atoms with E-state index in [-0.39, 0.29) is 13.0 Å². The third-order valence-corrected chi connectivity index (χ3v) is 5.15. The van der Waals surface area contributed by atoms with Gasteiger partial charge in [-0.3, -0.25) is 5.10 Å². The molecule has 5 nitrogen and oxygen atoms in total. The standard InChI is InChI=1S/C19H22FN5.5H2/c1-3-5-13-11-25(10-12(13)2)16-8-7-15(20)18(22-16)17-14-6-4-9-21-19(14)24-23-17;;;;;/h4,6-9,12-13H,3,5,10-11H2,1-2H3,(H,21,23,24);5*1H/t12-,13+;;;;;/m1...../s1. The van der Waals surface area contributed by atoms with E-state index in [4.69, 9.17) is 0 Å². The average molecular weight is 349 g/mol. The summed E-state index contributed by atoms with van der Waals surface area (Å²) in [4.78, 5) is 11.1. The first-order valence-electron chi connectivity index (χ1n) is 8.88. The van der Waals surface area contributed by atoms with Crippen molar-refractivity contribution in [3.63, 3.8) is 0 Å². The fourth-order valence-electron chi connectivity index (χ4n) is 3.78. The molecule has 0 unspecified atom stereocenters. The second-order valence-electron chi connectivity index (χ2n) is 6.90. The van der Waals surface area contributed by atoms with Crippen molar-refractivity contribution >= 4 is 16.9 Å². The van der Waals surface area contributed by atoms with Crippen LogP contribution in [-0.4, -0.2) is 33.3 Å². The molecule has 0 spiro atoms. The largest absolute Gasteiger partial charge is 0.356 e. The van der Waals surface area contributed by atoms with Gasteiger partial charge >= 0.3 is 0 Å². The molecular formula is C19H32FN5. The summed E-state index contributed by atoms with van der Waals surface area (Å²) < 4.78 is 14.5. The first kappa shape index (κ1) is 16.0. The predicted molar refractivity (Wildman–Crippen MR) is 107 cm³/mol. The summed E-state index contributed by atoms with van der Waals surface area (Å²) in [6, 6.07) is 6.97. The summed E-state index contributed by atoms with van der Waals surface area (Å²) in [7, 11) is 0. The van der Waals surface area contributed by atoms with E-state index >= 15 is 0 Å². The van der Waals surface area contributed by atoms with Crippen molar-refractivity contribution in [2.75, 3.05) is 18.0 Å². The van der Waals surface area contributed by atoms with Crippen LogP contribution >= 0.6 is 0 Å². The number of hydrogen-bond donors (Lipinski definition) is 1. The molecular weight excluding hydrogens is 317 g/mol. The zero-order valence-electron chi connectivity index (χ0n) is 14.5. The van der Waals surface area contributed by atoms with Crippen LogP contribution in [-0.2, 0) is 0 Å². The fraction of sp³-hybridized carbons (Fsp3) is 0.421. The highest BCUT2D eigenvalue weighted by molar-refractivity contribution is 5.89. The molecule has 0 bridgehead atoms. The van der Waals surface area contributed by atoms with E-state index in [2.05, 4.69) is 38.9 Å². The van der Waals surface area contributed by atoms with Gasteiger partial charge in [-0.1, -0.05) is 20.3 Å². The van der Waals surface area contributed by atoms with Gasteiger partial charge in [-0.25, -0.2) is 14.4 Å². The minimum atomic E-state index is -0.351. The second-order valence-corrected chi connectivity index (χ2v) is 6.90. The van der Waals surface area contributed by atoms with E-state index in [1.54, 1.807) is 12.3 Å².